The van der Waals surface area contributed by atoms with Crippen LogP contribution >= 0.6 is 0 Å². The van der Waals surface area contributed by atoms with Crippen LogP contribution in [0.5, 0.6) is 0 Å². The molecule has 0 bridgehead atoms. The standard InChI is InChI=1S/C6H15NO3/c1-3-10-6(2)7(4-8)5-9/h6,8-9H,3-5H2,1-2H3. The first-order chi connectivity index (χ1) is 4.76. The molecule has 62 valence electrons. The summed E-state index contributed by atoms with van der Waals surface area (Å²) in [5.74, 6) is 0. The van der Waals surface area contributed by atoms with Gasteiger partial charge in [-0.15, -0.1) is 0 Å². The van der Waals surface area contributed by atoms with Crippen LogP contribution in [0, 0.1) is 0 Å². The highest BCUT2D eigenvalue weighted by molar-refractivity contribution is 4.46. The number of hydrogen-bond donors (Lipinski definition) is 2. The SMILES string of the molecule is CCOC(C)N(CO)CO. The molecule has 0 aliphatic carbocycles. The number of ether oxygens (including phenoxy) is 1. The first-order valence-corrected chi connectivity index (χ1v) is 3.33. The van der Waals surface area contributed by atoms with Crippen molar-refractivity contribution < 1.29 is 14.9 Å². The lowest BCUT2D eigenvalue weighted by atomic mass is 10.6. The molecule has 0 amide bonds. The Morgan fingerprint density at radius 3 is 2.20 bits per heavy atom. The molecule has 4 heteroatoms. The minimum Gasteiger partial charge on any atom is -0.381 e. The summed E-state index contributed by atoms with van der Waals surface area (Å²) >= 11 is 0. The molecule has 1 unspecified atom stereocenters. The van der Waals surface area contributed by atoms with Crippen molar-refractivity contribution >= 4 is 0 Å². The highest BCUT2D eigenvalue weighted by atomic mass is 16.5. The first-order valence-electron chi connectivity index (χ1n) is 3.33. The van der Waals surface area contributed by atoms with Gasteiger partial charge in [0, 0.05) is 6.61 Å². The maximum absolute atomic E-state index is 8.61. The Morgan fingerprint density at radius 2 is 1.90 bits per heavy atom. The largest absolute Gasteiger partial charge is 0.381 e. The smallest absolute Gasteiger partial charge is 0.111 e. The van der Waals surface area contributed by atoms with E-state index in [4.69, 9.17) is 14.9 Å². The molecular weight excluding hydrogens is 134 g/mol. The summed E-state index contributed by atoms with van der Waals surface area (Å²) in [6, 6.07) is 0. The highest BCUT2D eigenvalue weighted by Gasteiger charge is 2.09. The Kier molecular flexibility index (Phi) is 5.52. The molecule has 0 saturated carbocycles. The van der Waals surface area contributed by atoms with Gasteiger partial charge in [-0.05, 0) is 13.8 Å². The second-order valence-electron chi connectivity index (χ2n) is 1.93. The third kappa shape index (κ3) is 3.12. The predicted molar refractivity (Wildman–Crippen MR) is 37.1 cm³/mol. The molecule has 0 aromatic carbocycles. The first kappa shape index (κ1) is 9.84. The van der Waals surface area contributed by atoms with Crippen LogP contribution in [0.4, 0.5) is 0 Å². The van der Waals surface area contributed by atoms with Crippen molar-refractivity contribution in [3.8, 4) is 0 Å². The van der Waals surface area contributed by atoms with Gasteiger partial charge >= 0.3 is 0 Å². The monoisotopic (exact) mass is 149 g/mol. The zero-order valence-corrected chi connectivity index (χ0v) is 6.45. The van der Waals surface area contributed by atoms with Gasteiger partial charge in [0.1, 0.15) is 6.23 Å². The molecule has 10 heavy (non-hydrogen) atoms. The molecule has 1 atom stereocenters. The Balaban J connectivity index is 3.53. The molecular formula is C6H15NO3. The molecule has 0 heterocycles. The normalized spacial score (nSPS) is 14.1. The summed E-state index contributed by atoms with van der Waals surface area (Å²) in [7, 11) is 0. The molecule has 0 radical (unpaired) electrons. The molecule has 0 rings (SSSR count). The van der Waals surface area contributed by atoms with Gasteiger partial charge in [0.05, 0.1) is 13.5 Å². The average molecular weight is 149 g/mol. The van der Waals surface area contributed by atoms with E-state index < -0.39 is 0 Å². The highest BCUT2D eigenvalue weighted by Crippen LogP contribution is 1.96. The quantitative estimate of drug-likeness (QED) is 0.521. The lowest BCUT2D eigenvalue weighted by Gasteiger charge is -2.23. The number of aliphatic hydroxyl groups is 2. The van der Waals surface area contributed by atoms with Gasteiger partial charge in [0.15, 0.2) is 0 Å². The van der Waals surface area contributed by atoms with Crippen LogP contribution in [0.1, 0.15) is 13.8 Å². The van der Waals surface area contributed by atoms with Gasteiger partial charge in [0.2, 0.25) is 0 Å². The van der Waals surface area contributed by atoms with Crippen molar-refractivity contribution in [2.45, 2.75) is 20.1 Å². The van der Waals surface area contributed by atoms with Crippen LogP contribution in [0.3, 0.4) is 0 Å². The molecule has 2 N–H and O–H groups in total. The van der Waals surface area contributed by atoms with Crippen molar-refractivity contribution in [1.82, 2.24) is 4.90 Å². The second-order valence-corrected chi connectivity index (χ2v) is 1.93. The van der Waals surface area contributed by atoms with E-state index in [9.17, 15) is 0 Å². The minimum atomic E-state index is -0.222. The number of nitrogens with zero attached hydrogens (tertiary/aromatic N) is 1. The van der Waals surface area contributed by atoms with Gasteiger partial charge < -0.3 is 14.9 Å². The minimum absolute atomic E-state index is 0.183. The van der Waals surface area contributed by atoms with Crippen molar-refractivity contribution in [2.75, 3.05) is 20.1 Å². The number of hydrogen-bond acceptors (Lipinski definition) is 4. The third-order valence-corrected chi connectivity index (χ3v) is 1.29. The van der Waals surface area contributed by atoms with E-state index in [-0.39, 0.29) is 19.7 Å². The predicted octanol–water partition coefficient (Wildman–Crippen LogP) is -0.430. The molecule has 4 nitrogen and oxygen atoms in total. The summed E-state index contributed by atoms with van der Waals surface area (Å²) < 4.78 is 5.09. The van der Waals surface area contributed by atoms with Crippen LogP contribution in [-0.4, -0.2) is 41.4 Å². The number of rotatable bonds is 5. The summed E-state index contributed by atoms with van der Waals surface area (Å²) in [6.45, 7) is 3.85. The van der Waals surface area contributed by atoms with Crippen molar-refractivity contribution in [2.24, 2.45) is 0 Å². The Bertz CT molecular complexity index is 75.4. The van der Waals surface area contributed by atoms with Crippen LogP contribution in [0.15, 0.2) is 0 Å². The van der Waals surface area contributed by atoms with E-state index in [0.717, 1.165) is 0 Å². The van der Waals surface area contributed by atoms with E-state index in [1.165, 1.54) is 4.90 Å². The Morgan fingerprint density at radius 1 is 1.40 bits per heavy atom. The lowest BCUT2D eigenvalue weighted by Crippen LogP contribution is -2.36. The molecule has 0 aromatic heterocycles. The summed E-state index contributed by atoms with van der Waals surface area (Å²) in [5.41, 5.74) is 0. The fraction of sp³-hybridized carbons (Fsp3) is 1.00. The van der Waals surface area contributed by atoms with E-state index in [2.05, 4.69) is 0 Å². The molecule has 0 aromatic rings. The fourth-order valence-corrected chi connectivity index (χ4v) is 0.621. The van der Waals surface area contributed by atoms with Crippen LogP contribution in [-0.2, 0) is 4.74 Å². The molecule has 0 fully saturated rings. The maximum Gasteiger partial charge on any atom is 0.111 e. The van der Waals surface area contributed by atoms with E-state index >= 15 is 0 Å². The van der Waals surface area contributed by atoms with E-state index in [1.807, 2.05) is 6.92 Å². The van der Waals surface area contributed by atoms with Crippen molar-refractivity contribution in [1.29, 1.82) is 0 Å². The Labute approximate surface area is 61.0 Å². The van der Waals surface area contributed by atoms with E-state index in [0.29, 0.717) is 6.61 Å². The Hall–Kier alpha value is -0.160. The second kappa shape index (κ2) is 5.61. The van der Waals surface area contributed by atoms with Gasteiger partial charge in [-0.3, -0.25) is 0 Å². The van der Waals surface area contributed by atoms with Gasteiger partial charge in [0.25, 0.3) is 0 Å². The lowest BCUT2D eigenvalue weighted by molar-refractivity contribution is -0.109. The molecule has 0 aliphatic rings. The summed E-state index contributed by atoms with van der Waals surface area (Å²) in [6.07, 6.45) is -0.222. The van der Waals surface area contributed by atoms with Crippen molar-refractivity contribution in [3.05, 3.63) is 0 Å². The van der Waals surface area contributed by atoms with Gasteiger partial charge in [-0.2, -0.15) is 0 Å². The molecule has 0 spiro atoms. The van der Waals surface area contributed by atoms with Crippen LogP contribution in [0.25, 0.3) is 0 Å². The zero-order chi connectivity index (χ0) is 7.98. The average Bonchev–Trinajstić information content (AvgIpc) is 1.91. The van der Waals surface area contributed by atoms with Crippen LogP contribution < -0.4 is 0 Å². The molecule has 0 saturated heterocycles. The van der Waals surface area contributed by atoms with Gasteiger partial charge in [-0.1, -0.05) is 0 Å². The molecule has 0 aliphatic heterocycles. The van der Waals surface area contributed by atoms with Crippen LogP contribution in [0.2, 0.25) is 0 Å². The zero-order valence-electron chi connectivity index (χ0n) is 6.45. The van der Waals surface area contributed by atoms with E-state index in [1.54, 1.807) is 6.92 Å². The summed E-state index contributed by atoms with van der Waals surface area (Å²) in [4.78, 5) is 1.39. The maximum atomic E-state index is 8.61. The topological polar surface area (TPSA) is 52.9 Å². The van der Waals surface area contributed by atoms with Gasteiger partial charge in [-0.25, -0.2) is 4.90 Å². The summed E-state index contributed by atoms with van der Waals surface area (Å²) in [5, 5.41) is 17.2. The number of aliphatic hydroxyl groups excluding tert-OH is 2. The van der Waals surface area contributed by atoms with Crippen molar-refractivity contribution in [3.63, 3.8) is 0 Å². The fourth-order valence-electron chi connectivity index (χ4n) is 0.621. The third-order valence-electron chi connectivity index (χ3n) is 1.29.